The van der Waals surface area contributed by atoms with E-state index in [1.165, 1.54) is 11.8 Å². The van der Waals surface area contributed by atoms with E-state index < -0.39 is 0 Å². The quantitative estimate of drug-likeness (QED) is 0.644. The normalized spacial score (nSPS) is 10.4. The van der Waals surface area contributed by atoms with Gasteiger partial charge in [0.2, 0.25) is 5.91 Å². The first kappa shape index (κ1) is 17.8. The van der Waals surface area contributed by atoms with Crippen molar-refractivity contribution in [2.45, 2.75) is 5.16 Å². The Hall–Kier alpha value is -3.00. The van der Waals surface area contributed by atoms with Crippen LogP contribution in [0.4, 0.5) is 5.69 Å². The number of aromatic nitrogens is 3. The molecule has 0 fully saturated rings. The SMILES string of the molecule is COc1ccc(NC(=O)CSc2nncn2-c2ccc(OC)cc2)cc1. The van der Waals surface area contributed by atoms with Crippen molar-refractivity contribution in [3.05, 3.63) is 54.9 Å². The second-order valence-corrected chi connectivity index (χ2v) is 6.19. The Morgan fingerprint density at radius 3 is 2.27 bits per heavy atom. The number of hydrogen-bond donors (Lipinski definition) is 1. The predicted octanol–water partition coefficient (Wildman–Crippen LogP) is 3.02. The fraction of sp³-hybridized carbons (Fsp3) is 0.167. The van der Waals surface area contributed by atoms with Crippen molar-refractivity contribution in [3.63, 3.8) is 0 Å². The van der Waals surface area contributed by atoms with E-state index in [0.29, 0.717) is 10.8 Å². The first-order chi connectivity index (χ1) is 12.7. The minimum Gasteiger partial charge on any atom is -0.497 e. The first-order valence-corrected chi connectivity index (χ1v) is 8.79. The van der Waals surface area contributed by atoms with Gasteiger partial charge in [0.05, 0.1) is 20.0 Å². The molecular weight excluding hydrogens is 352 g/mol. The van der Waals surface area contributed by atoms with E-state index in [1.807, 2.05) is 28.8 Å². The Kier molecular flexibility index (Phi) is 5.75. The molecule has 8 heteroatoms. The lowest BCUT2D eigenvalue weighted by atomic mass is 10.3. The van der Waals surface area contributed by atoms with Gasteiger partial charge in [0.1, 0.15) is 17.8 Å². The molecule has 1 N–H and O–H groups in total. The number of thioether (sulfide) groups is 1. The maximum Gasteiger partial charge on any atom is 0.234 e. The van der Waals surface area contributed by atoms with Gasteiger partial charge in [-0.3, -0.25) is 9.36 Å². The highest BCUT2D eigenvalue weighted by Crippen LogP contribution is 2.22. The summed E-state index contributed by atoms with van der Waals surface area (Å²) in [6.45, 7) is 0. The number of anilines is 1. The number of methoxy groups -OCH3 is 2. The molecule has 0 saturated heterocycles. The molecule has 0 bridgehead atoms. The average Bonchev–Trinajstić information content (AvgIpc) is 3.15. The molecule has 7 nitrogen and oxygen atoms in total. The van der Waals surface area contributed by atoms with E-state index in [2.05, 4.69) is 15.5 Å². The van der Waals surface area contributed by atoms with Gasteiger partial charge < -0.3 is 14.8 Å². The van der Waals surface area contributed by atoms with Crippen molar-refractivity contribution in [1.29, 1.82) is 0 Å². The van der Waals surface area contributed by atoms with Gasteiger partial charge in [0, 0.05) is 11.4 Å². The van der Waals surface area contributed by atoms with E-state index in [9.17, 15) is 4.79 Å². The van der Waals surface area contributed by atoms with E-state index in [-0.39, 0.29) is 11.7 Å². The number of benzene rings is 2. The third kappa shape index (κ3) is 4.34. The van der Waals surface area contributed by atoms with Crippen molar-refractivity contribution >= 4 is 23.4 Å². The fourth-order valence-electron chi connectivity index (χ4n) is 2.24. The van der Waals surface area contributed by atoms with Crippen molar-refractivity contribution in [1.82, 2.24) is 14.8 Å². The molecule has 0 spiro atoms. The highest BCUT2D eigenvalue weighted by molar-refractivity contribution is 7.99. The number of hydrogen-bond acceptors (Lipinski definition) is 6. The Bertz CT molecular complexity index is 863. The summed E-state index contributed by atoms with van der Waals surface area (Å²) in [5.74, 6) is 1.62. The molecule has 0 unspecified atom stereocenters. The molecule has 26 heavy (non-hydrogen) atoms. The van der Waals surface area contributed by atoms with Gasteiger partial charge in [-0.25, -0.2) is 0 Å². The topological polar surface area (TPSA) is 78.3 Å². The summed E-state index contributed by atoms with van der Waals surface area (Å²) in [4.78, 5) is 12.2. The third-order valence-corrected chi connectivity index (χ3v) is 4.52. The third-order valence-electron chi connectivity index (χ3n) is 3.57. The maximum absolute atomic E-state index is 12.2. The van der Waals surface area contributed by atoms with Gasteiger partial charge in [-0.2, -0.15) is 0 Å². The number of amides is 1. The summed E-state index contributed by atoms with van der Waals surface area (Å²) in [6.07, 6.45) is 1.62. The standard InChI is InChI=1S/C18H18N4O3S/c1-24-15-7-3-13(4-8-15)20-17(23)11-26-18-21-19-12-22(18)14-5-9-16(25-2)10-6-14/h3-10,12H,11H2,1-2H3,(H,20,23). The summed E-state index contributed by atoms with van der Waals surface area (Å²) in [7, 11) is 3.22. The molecular formula is C18H18N4O3S. The number of carbonyl (C=O) groups is 1. The van der Waals surface area contributed by atoms with Gasteiger partial charge in [-0.15, -0.1) is 10.2 Å². The van der Waals surface area contributed by atoms with Gasteiger partial charge in [0.25, 0.3) is 0 Å². The molecule has 0 radical (unpaired) electrons. The van der Waals surface area contributed by atoms with Gasteiger partial charge in [-0.1, -0.05) is 11.8 Å². The number of nitrogens with zero attached hydrogens (tertiary/aromatic N) is 3. The first-order valence-electron chi connectivity index (χ1n) is 7.81. The largest absolute Gasteiger partial charge is 0.497 e. The minimum absolute atomic E-state index is 0.121. The van der Waals surface area contributed by atoms with E-state index in [4.69, 9.17) is 9.47 Å². The summed E-state index contributed by atoms with van der Waals surface area (Å²) in [6, 6.07) is 14.7. The van der Waals surface area contributed by atoms with Crippen molar-refractivity contribution < 1.29 is 14.3 Å². The molecule has 2 aromatic carbocycles. The van der Waals surface area contributed by atoms with Crippen LogP contribution in [0.5, 0.6) is 11.5 Å². The predicted molar refractivity (Wildman–Crippen MR) is 100 cm³/mol. The van der Waals surface area contributed by atoms with Gasteiger partial charge in [-0.05, 0) is 48.5 Å². The van der Waals surface area contributed by atoms with E-state index >= 15 is 0 Å². The Labute approximate surface area is 155 Å². The van der Waals surface area contributed by atoms with Crippen LogP contribution in [0, 0.1) is 0 Å². The van der Waals surface area contributed by atoms with Crippen LogP contribution in [0.1, 0.15) is 0 Å². The second-order valence-electron chi connectivity index (χ2n) is 5.25. The smallest absolute Gasteiger partial charge is 0.234 e. The minimum atomic E-state index is -0.121. The summed E-state index contributed by atoms with van der Waals surface area (Å²) in [5.41, 5.74) is 1.61. The average molecular weight is 370 g/mol. The van der Waals surface area contributed by atoms with Crippen LogP contribution < -0.4 is 14.8 Å². The van der Waals surface area contributed by atoms with Crippen molar-refractivity contribution in [3.8, 4) is 17.2 Å². The molecule has 0 aliphatic heterocycles. The molecule has 0 saturated carbocycles. The molecule has 0 aliphatic carbocycles. The number of nitrogens with one attached hydrogen (secondary N) is 1. The van der Waals surface area contributed by atoms with Crippen molar-refractivity contribution in [2.75, 3.05) is 25.3 Å². The van der Waals surface area contributed by atoms with Crippen LogP contribution in [0.2, 0.25) is 0 Å². The zero-order valence-corrected chi connectivity index (χ0v) is 15.2. The van der Waals surface area contributed by atoms with E-state index in [0.717, 1.165) is 17.2 Å². The maximum atomic E-state index is 12.2. The fourth-order valence-corrected chi connectivity index (χ4v) is 2.97. The summed E-state index contributed by atoms with van der Waals surface area (Å²) in [5, 5.41) is 11.5. The highest BCUT2D eigenvalue weighted by atomic mass is 32.2. The number of rotatable bonds is 7. The summed E-state index contributed by atoms with van der Waals surface area (Å²) < 4.78 is 12.1. The zero-order chi connectivity index (χ0) is 18.4. The molecule has 0 aliphatic rings. The Morgan fingerprint density at radius 2 is 1.65 bits per heavy atom. The summed E-state index contributed by atoms with van der Waals surface area (Å²) >= 11 is 1.31. The van der Waals surface area contributed by atoms with E-state index in [1.54, 1.807) is 44.8 Å². The molecule has 0 atom stereocenters. The monoisotopic (exact) mass is 370 g/mol. The van der Waals surface area contributed by atoms with Crippen LogP contribution in [0.3, 0.4) is 0 Å². The molecule has 1 heterocycles. The lowest BCUT2D eigenvalue weighted by Crippen LogP contribution is -2.14. The Balaban J connectivity index is 1.60. The molecule has 3 rings (SSSR count). The Morgan fingerprint density at radius 1 is 1.04 bits per heavy atom. The zero-order valence-electron chi connectivity index (χ0n) is 14.4. The van der Waals surface area contributed by atoms with Gasteiger partial charge in [0.15, 0.2) is 5.16 Å². The lowest BCUT2D eigenvalue weighted by Gasteiger charge is -2.08. The molecule has 1 amide bonds. The van der Waals surface area contributed by atoms with Gasteiger partial charge >= 0.3 is 0 Å². The van der Waals surface area contributed by atoms with Crippen LogP contribution in [-0.4, -0.2) is 40.6 Å². The number of carbonyl (C=O) groups excluding carboxylic acids is 1. The highest BCUT2D eigenvalue weighted by Gasteiger charge is 2.10. The van der Waals surface area contributed by atoms with Crippen LogP contribution in [0.15, 0.2) is 60.0 Å². The molecule has 134 valence electrons. The van der Waals surface area contributed by atoms with Crippen LogP contribution >= 0.6 is 11.8 Å². The second kappa shape index (κ2) is 8.39. The molecule has 1 aromatic heterocycles. The lowest BCUT2D eigenvalue weighted by molar-refractivity contribution is -0.113. The number of ether oxygens (including phenoxy) is 2. The van der Waals surface area contributed by atoms with Crippen LogP contribution in [0.25, 0.3) is 5.69 Å². The molecule has 3 aromatic rings. The van der Waals surface area contributed by atoms with Crippen LogP contribution in [-0.2, 0) is 4.79 Å². The van der Waals surface area contributed by atoms with Crippen molar-refractivity contribution in [2.24, 2.45) is 0 Å².